The monoisotopic (exact) mass is 319 g/mol. The third-order valence-electron chi connectivity index (χ3n) is 3.31. The number of ether oxygens (including phenoxy) is 3. The van der Waals surface area contributed by atoms with Gasteiger partial charge in [-0.25, -0.2) is 0 Å². The van der Waals surface area contributed by atoms with Crippen LogP contribution < -0.4 is 19.5 Å². The molecule has 2 aromatic rings. The summed E-state index contributed by atoms with van der Waals surface area (Å²) in [6.45, 7) is 2.05. The highest BCUT2D eigenvalue weighted by Gasteiger charge is 2.19. The highest BCUT2D eigenvalue weighted by Crippen LogP contribution is 2.39. The summed E-state index contributed by atoms with van der Waals surface area (Å²) < 4.78 is 15.8. The lowest BCUT2D eigenvalue weighted by molar-refractivity contribution is 0.102. The maximum Gasteiger partial charge on any atom is 0.259 e. The van der Waals surface area contributed by atoms with Crippen molar-refractivity contribution >= 4 is 23.2 Å². The number of halogens is 1. The van der Waals surface area contributed by atoms with Crippen molar-refractivity contribution in [1.82, 2.24) is 0 Å². The van der Waals surface area contributed by atoms with E-state index in [1.54, 1.807) is 24.3 Å². The van der Waals surface area contributed by atoms with Crippen molar-refractivity contribution in [2.75, 3.05) is 19.2 Å². The van der Waals surface area contributed by atoms with Crippen LogP contribution in [0.1, 0.15) is 15.9 Å². The van der Waals surface area contributed by atoms with Crippen molar-refractivity contribution in [2.24, 2.45) is 0 Å². The zero-order chi connectivity index (χ0) is 15.7. The normalized spacial score (nSPS) is 12.1. The zero-order valence-corrected chi connectivity index (χ0v) is 12.9. The van der Waals surface area contributed by atoms with Crippen molar-refractivity contribution in [1.29, 1.82) is 0 Å². The van der Waals surface area contributed by atoms with Gasteiger partial charge >= 0.3 is 0 Å². The molecule has 114 valence electrons. The van der Waals surface area contributed by atoms with Crippen molar-refractivity contribution in [3.63, 3.8) is 0 Å². The number of benzene rings is 2. The third kappa shape index (κ3) is 2.67. The molecule has 0 atom stereocenters. The van der Waals surface area contributed by atoms with Gasteiger partial charge in [-0.1, -0.05) is 23.2 Å². The molecule has 3 rings (SSSR count). The molecule has 22 heavy (non-hydrogen) atoms. The highest BCUT2D eigenvalue weighted by molar-refractivity contribution is 6.34. The number of carbonyl (C=O) groups is 1. The van der Waals surface area contributed by atoms with E-state index in [0.717, 1.165) is 5.56 Å². The summed E-state index contributed by atoms with van der Waals surface area (Å²) in [5.41, 5.74) is 1.86. The van der Waals surface area contributed by atoms with E-state index >= 15 is 0 Å². The van der Waals surface area contributed by atoms with Gasteiger partial charge in [0.1, 0.15) is 5.75 Å². The van der Waals surface area contributed by atoms with Crippen LogP contribution in [0.2, 0.25) is 5.02 Å². The minimum absolute atomic E-state index is 0.148. The number of amides is 1. The molecule has 0 bridgehead atoms. The number of fused-ring (bicyclic) bond motifs is 1. The molecule has 5 nitrogen and oxygen atoms in total. The predicted molar refractivity (Wildman–Crippen MR) is 83.3 cm³/mol. The number of methoxy groups -OCH3 is 1. The molecular weight excluding hydrogens is 306 g/mol. The molecule has 1 aliphatic rings. The number of anilines is 1. The molecule has 1 aliphatic heterocycles. The maximum atomic E-state index is 12.5. The highest BCUT2D eigenvalue weighted by atomic mass is 35.5. The summed E-state index contributed by atoms with van der Waals surface area (Å²) in [4.78, 5) is 12.5. The zero-order valence-electron chi connectivity index (χ0n) is 12.1. The van der Waals surface area contributed by atoms with Crippen molar-refractivity contribution < 1.29 is 19.0 Å². The molecule has 0 aliphatic carbocycles. The van der Waals surface area contributed by atoms with Crippen LogP contribution in [-0.2, 0) is 0 Å². The third-order valence-corrected chi connectivity index (χ3v) is 3.62. The van der Waals surface area contributed by atoms with Gasteiger partial charge in [-0.3, -0.25) is 4.79 Å². The molecular formula is C16H14ClNO4. The number of hydrogen-bond donors (Lipinski definition) is 1. The first-order chi connectivity index (χ1) is 10.6. The van der Waals surface area contributed by atoms with Crippen molar-refractivity contribution in [2.45, 2.75) is 6.92 Å². The molecule has 0 fully saturated rings. The fourth-order valence-electron chi connectivity index (χ4n) is 2.20. The van der Waals surface area contributed by atoms with E-state index in [2.05, 4.69) is 5.32 Å². The van der Waals surface area contributed by atoms with Gasteiger partial charge in [-0.15, -0.1) is 0 Å². The SMILES string of the molecule is COc1ccc(C)cc1C(=O)Nc1cc2c(cc1Cl)OCO2. The first kappa shape index (κ1) is 14.5. The Kier molecular flexibility index (Phi) is 3.81. The van der Waals surface area contributed by atoms with Gasteiger partial charge in [0.05, 0.1) is 23.4 Å². The maximum absolute atomic E-state index is 12.5. The Hall–Kier alpha value is -2.40. The number of nitrogens with one attached hydrogen (secondary N) is 1. The lowest BCUT2D eigenvalue weighted by Crippen LogP contribution is -2.13. The molecule has 1 amide bonds. The van der Waals surface area contributed by atoms with Crippen LogP contribution in [-0.4, -0.2) is 19.8 Å². The lowest BCUT2D eigenvalue weighted by atomic mass is 10.1. The minimum Gasteiger partial charge on any atom is -0.496 e. The van der Waals surface area contributed by atoms with Gasteiger partial charge in [-0.2, -0.15) is 0 Å². The number of aryl methyl sites for hydroxylation is 1. The fourth-order valence-corrected chi connectivity index (χ4v) is 2.40. The molecule has 0 spiro atoms. The second kappa shape index (κ2) is 5.77. The van der Waals surface area contributed by atoms with E-state index in [0.29, 0.717) is 33.5 Å². The molecule has 1 heterocycles. The van der Waals surface area contributed by atoms with Crippen molar-refractivity contribution in [3.05, 3.63) is 46.5 Å². The van der Waals surface area contributed by atoms with E-state index < -0.39 is 0 Å². The van der Waals surface area contributed by atoms with E-state index in [9.17, 15) is 4.79 Å². The molecule has 6 heteroatoms. The molecule has 0 radical (unpaired) electrons. The standard InChI is InChI=1S/C16H14ClNO4/c1-9-3-4-13(20-2)10(5-9)16(19)18-12-7-15-14(6-11(12)17)21-8-22-15/h3-7H,8H2,1-2H3,(H,18,19). The van der Waals surface area contributed by atoms with E-state index in [-0.39, 0.29) is 12.7 Å². The largest absolute Gasteiger partial charge is 0.496 e. The predicted octanol–water partition coefficient (Wildman–Crippen LogP) is 3.64. The Balaban J connectivity index is 1.90. The van der Waals surface area contributed by atoms with Gasteiger partial charge in [0.2, 0.25) is 6.79 Å². The van der Waals surface area contributed by atoms with Crippen LogP contribution in [0, 0.1) is 6.92 Å². The molecule has 0 saturated heterocycles. The molecule has 0 unspecified atom stereocenters. The molecule has 0 saturated carbocycles. The number of hydrogen-bond acceptors (Lipinski definition) is 4. The Morgan fingerprint density at radius 2 is 1.95 bits per heavy atom. The number of rotatable bonds is 3. The summed E-state index contributed by atoms with van der Waals surface area (Å²) in [5.74, 6) is 1.31. The second-order valence-electron chi connectivity index (χ2n) is 4.84. The average molecular weight is 320 g/mol. The summed E-state index contributed by atoms with van der Waals surface area (Å²) >= 11 is 6.16. The summed E-state index contributed by atoms with van der Waals surface area (Å²) in [5, 5.41) is 3.15. The van der Waals surface area contributed by atoms with Gasteiger partial charge in [-0.05, 0) is 19.1 Å². The van der Waals surface area contributed by atoms with Gasteiger partial charge in [0.25, 0.3) is 5.91 Å². The Morgan fingerprint density at radius 3 is 2.68 bits per heavy atom. The van der Waals surface area contributed by atoms with Crippen LogP contribution in [0.15, 0.2) is 30.3 Å². The fraction of sp³-hybridized carbons (Fsp3) is 0.188. The first-order valence-corrected chi connectivity index (χ1v) is 7.01. The van der Waals surface area contributed by atoms with Crippen LogP contribution in [0.5, 0.6) is 17.2 Å². The second-order valence-corrected chi connectivity index (χ2v) is 5.25. The van der Waals surface area contributed by atoms with Crippen LogP contribution in [0.4, 0.5) is 5.69 Å². The Labute approximate surface area is 132 Å². The number of carbonyl (C=O) groups excluding carboxylic acids is 1. The van der Waals surface area contributed by atoms with E-state index in [1.165, 1.54) is 7.11 Å². The van der Waals surface area contributed by atoms with Crippen LogP contribution in [0.25, 0.3) is 0 Å². The topological polar surface area (TPSA) is 56.8 Å². The van der Waals surface area contributed by atoms with Crippen LogP contribution >= 0.6 is 11.6 Å². The van der Waals surface area contributed by atoms with E-state index in [4.69, 9.17) is 25.8 Å². The minimum atomic E-state index is -0.304. The Bertz CT molecular complexity index is 745. The molecule has 0 aromatic heterocycles. The summed E-state index contributed by atoms with van der Waals surface area (Å²) in [6, 6.07) is 8.65. The lowest BCUT2D eigenvalue weighted by Gasteiger charge is -2.11. The average Bonchev–Trinajstić information content (AvgIpc) is 2.94. The summed E-state index contributed by atoms with van der Waals surface area (Å²) in [6.07, 6.45) is 0. The molecule has 2 aromatic carbocycles. The van der Waals surface area contributed by atoms with E-state index in [1.807, 2.05) is 13.0 Å². The smallest absolute Gasteiger partial charge is 0.259 e. The van der Waals surface area contributed by atoms with Crippen LogP contribution in [0.3, 0.4) is 0 Å². The molecule has 1 N–H and O–H groups in total. The quantitative estimate of drug-likeness (QED) is 0.938. The van der Waals surface area contributed by atoms with Gasteiger partial charge < -0.3 is 19.5 Å². The van der Waals surface area contributed by atoms with Gasteiger partial charge in [0, 0.05) is 12.1 Å². The first-order valence-electron chi connectivity index (χ1n) is 6.63. The Morgan fingerprint density at radius 1 is 1.23 bits per heavy atom. The summed E-state index contributed by atoms with van der Waals surface area (Å²) in [7, 11) is 1.52. The van der Waals surface area contributed by atoms with Crippen molar-refractivity contribution in [3.8, 4) is 17.2 Å². The van der Waals surface area contributed by atoms with Gasteiger partial charge in [0.15, 0.2) is 11.5 Å².